The highest BCUT2D eigenvalue weighted by Gasteiger charge is 2.43. The molecule has 1 saturated heterocycles. The second-order valence-electron chi connectivity index (χ2n) is 7.60. The van der Waals surface area contributed by atoms with Crippen LogP contribution in [0, 0.1) is 6.92 Å². The third-order valence-electron chi connectivity index (χ3n) is 5.27. The summed E-state index contributed by atoms with van der Waals surface area (Å²) in [5.41, 5.74) is 2.44. The molecule has 0 spiro atoms. The molecule has 1 fully saturated rings. The van der Waals surface area contributed by atoms with Gasteiger partial charge in [-0.15, -0.1) is 0 Å². The molecule has 1 heterocycles. The van der Waals surface area contributed by atoms with E-state index in [0.29, 0.717) is 12.1 Å². The molecule has 3 rings (SSSR count). The zero-order valence-electron chi connectivity index (χ0n) is 17.6. The number of aryl methyl sites for hydroxylation is 1. The van der Waals surface area contributed by atoms with Gasteiger partial charge in [-0.25, -0.2) is 0 Å². The molecule has 2 amide bonds. The van der Waals surface area contributed by atoms with Crippen LogP contribution in [0.2, 0.25) is 0 Å². The van der Waals surface area contributed by atoms with Crippen LogP contribution >= 0.6 is 0 Å². The van der Waals surface area contributed by atoms with Crippen LogP contribution in [0.25, 0.3) is 0 Å². The van der Waals surface area contributed by atoms with Crippen molar-refractivity contribution in [1.29, 1.82) is 0 Å². The maximum atomic E-state index is 12.3. The summed E-state index contributed by atoms with van der Waals surface area (Å²) < 4.78 is 10.8. The number of ether oxygens (including phenoxy) is 2. The van der Waals surface area contributed by atoms with Crippen molar-refractivity contribution in [2.75, 3.05) is 13.7 Å². The summed E-state index contributed by atoms with van der Waals surface area (Å²) in [6, 6.07) is 14.4. The predicted octanol–water partition coefficient (Wildman–Crippen LogP) is 0.929. The average molecular weight is 428 g/mol. The molecule has 2 aromatic rings. The molecule has 1 aliphatic rings. The lowest BCUT2D eigenvalue weighted by Gasteiger charge is -2.15. The number of methoxy groups -OCH3 is 1. The molecular formula is C23H28N2O6. The van der Waals surface area contributed by atoms with Crippen LogP contribution < -0.4 is 15.4 Å². The topological polar surface area (TPSA) is 117 Å². The van der Waals surface area contributed by atoms with Crippen molar-refractivity contribution < 1.29 is 29.3 Å². The predicted molar refractivity (Wildman–Crippen MR) is 114 cm³/mol. The lowest BCUT2D eigenvalue weighted by atomic mass is 10.1. The fraction of sp³-hybridized carbons (Fsp3) is 0.391. The number of amides is 2. The second kappa shape index (κ2) is 10.4. The number of carbonyl (C=O) groups is 2. The van der Waals surface area contributed by atoms with Crippen molar-refractivity contribution in [1.82, 2.24) is 10.6 Å². The monoisotopic (exact) mass is 428 g/mol. The number of aliphatic hydroxyl groups excluding tert-OH is 2. The first kappa shape index (κ1) is 22.7. The van der Waals surface area contributed by atoms with Gasteiger partial charge in [-0.1, -0.05) is 29.8 Å². The van der Waals surface area contributed by atoms with Crippen molar-refractivity contribution in [2.45, 2.75) is 44.3 Å². The molecule has 8 nitrogen and oxygen atoms in total. The Morgan fingerprint density at radius 2 is 1.61 bits per heavy atom. The molecule has 4 atom stereocenters. The van der Waals surface area contributed by atoms with E-state index in [0.717, 1.165) is 16.9 Å². The zero-order chi connectivity index (χ0) is 22.4. The summed E-state index contributed by atoms with van der Waals surface area (Å²) in [5, 5.41) is 26.0. The van der Waals surface area contributed by atoms with Gasteiger partial charge in [-0.2, -0.15) is 0 Å². The number of carbonyl (C=O) groups excluding carboxylic acids is 2. The molecule has 1 aliphatic heterocycles. The van der Waals surface area contributed by atoms with Crippen molar-refractivity contribution in [3.63, 3.8) is 0 Å². The third kappa shape index (κ3) is 6.04. The Kier molecular flexibility index (Phi) is 7.62. The van der Waals surface area contributed by atoms with Crippen molar-refractivity contribution in [3.05, 3.63) is 65.2 Å². The van der Waals surface area contributed by atoms with E-state index in [-0.39, 0.29) is 24.8 Å². The quantitative estimate of drug-likeness (QED) is 0.497. The van der Waals surface area contributed by atoms with E-state index in [1.807, 2.05) is 31.2 Å². The lowest BCUT2D eigenvalue weighted by molar-refractivity contribution is -0.125. The molecule has 31 heavy (non-hydrogen) atoms. The Morgan fingerprint density at radius 3 is 2.26 bits per heavy atom. The molecule has 0 aliphatic carbocycles. The van der Waals surface area contributed by atoms with Crippen LogP contribution in [0.4, 0.5) is 0 Å². The highest BCUT2D eigenvalue weighted by molar-refractivity contribution is 5.94. The summed E-state index contributed by atoms with van der Waals surface area (Å²) in [6.07, 6.45) is -4.17. The van der Waals surface area contributed by atoms with Crippen LogP contribution in [0.15, 0.2) is 48.5 Å². The van der Waals surface area contributed by atoms with Gasteiger partial charge >= 0.3 is 0 Å². The lowest BCUT2D eigenvalue weighted by Crippen LogP contribution is -2.40. The van der Waals surface area contributed by atoms with E-state index in [4.69, 9.17) is 9.47 Å². The molecule has 0 saturated carbocycles. The van der Waals surface area contributed by atoms with E-state index < -0.39 is 24.4 Å². The van der Waals surface area contributed by atoms with Gasteiger partial charge in [0.2, 0.25) is 5.91 Å². The smallest absolute Gasteiger partial charge is 0.251 e. The first-order valence-corrected chi connectivity index (χ1v) is 10.1. The van der Waals surface area contributed by atoms with Gasteiger partial charge in [0, 0.05) is 18.7 Å². The van der Waals surface area contributed by atoms with E-state index in [9.17, 15) is 19.8 Å². The average Bonchev–Trinajstić information content (AvgIpc) is 3.04. The molecular weight excluding hydrogens is 400 g/mol. The summed E-state index contributed by atoms with van der Waals surface area (Å²) in [6.45, 7) is 2.28. The molecule has 0 radical (unpaired) electrons. The van der Waals surface area contributed by atoms with E-state index in [2.05, 4.69) is 10.6 Å². The molecule has 0 bridgehead atoms. The first-order valence-electron chi connectivity index (χ1n) is 10.1. The first-order chi connectivity index (χ1) is 14.9. The summed E-state index contributed by atoms with van der Waals surface area (Å²) in [4.78, 5) is 24.5. The molecule has 166 valence electrons. The summed E-state index contributed by atoms with van der Waals surface area (Å²) >= 11 is 0. The minimum absolute atomic E-state index is 0.0227. The van der Waals surface area contributed by atoms with E-state index in [1.54, 1.807) is 31.4 Å². The van der Waals surface area contributed by atoms with Crippen LogP contribution in [-0.4, -0.2) is 60.1 Å². The Bertz CT molecular complexity index is 884. The second-order valence-corrected chi connectivity index (χ2v) is 7.60. The summed E-state index contributed by atoms with van der Waals surface area (Å²) in [7, 11) is 1.58. The highest BCUT2D eigenvalue weighted by atomic mass is 16.5. The van der Waals surface area contributed by atoms with Crippen molar-refractivity contribution >= 4 is 11.8 Å². The van der Waals surface area contributed by atoms with Gasteiger partial charge in [0.25, 0.3) is 5.91 Å². The minimum atomic E-state index is -1.21. The van der Waals surface area contributed by atoms with Crippen LogP contribution in [0.3, 0.4) is 0 Å². The minimum Gasteiger partial charge on any atom is -0.497 e. The maximum Gasteiger partial charge on any atom is 0.251 e. The Hall–Kier alpha value is -2.94. The number of hydrogen-bond acceptors (Lipinski definition) is 6. The standard InChI is InChI=1S/C23H28N2O6/c1-14-3-7-16(8-4-14)23(29)25-13-19-22(28)21(27)18(31-19)11-20(26)24-12-15-5-9-17(30-2)10-6-15/h3-10,18-19,21-22,27-28H,11-13H2,1-2H3,(H,24,26)(H,25,29)/t18-,19-,21-,22+/m0/s1. The highest BCUT2D eigenvalue weighted by Crippen LogP contribution is 2.23. The van der Waals surface area contributed by atoms with Gasteiger partial charge in [0.1, 0.15) is 24.1 Å². The van der Waals surface area contributed by atoms with Gasteiger partial charge in [0.05, 0.1) is 19.6 Å². The number of benzene rings is 2. The molecule has 0 aromatic heterocycles. The van der Waals surface area contributed by atoms with E-state index >= 15 is 0 Å². The number of hydrogen-bond donors (Lipinski definition) is 4. The van der Waals surface area contributed by atoms with Gasteiger partial charge in [0.15, 0.2) is 0 Å². The van der Waals surface area contributed by atoms with Crippen molar-refractivity contribution in [2.24, 2.45) is 0 Å². The third-order valence-corrected chi connectivity index (χ3v) is 5.27. The summed E-state index contributed by atoms with van der Waals surface area (Å²) in [5.74, 6) is 0.120. The normalized spacial score (nSPS) is 22.7. The van der Waals surface area contributed by atoms with Gasteiger partial charge in [-0.05, 0) is 36.8 Å². The van der Waals surface area contributed by atoms with Crippen LogP contribution in [0.5, 0.6) is 5.75 Å². The Balaban J connectivity index is 1.46. The molecule has 4 N–H and O–H groups in total. The maximum absolute atomic E-state index is 12.3. The zero-order valence-corrected chi connectivity index (χ0v) is 17.6. The SMILES string of the molecule is COc1ccc(CNC(=O)C[C@@H]2O[C@@H](CNC(=O)c3ccc(C)cc3)[C@@H](O)[C@H]2O)cc1. The molecule has 8 heteroatoms. The molecule has 0 unspecified atom stereocenters. The van der Waals surface area contributed by atoms with Crippen LogP contribution in [-0.2, 0) is 16.1 Å². The fourth-order valence-electron chi connectivity index (χ4n) is 3.36. The fourth-order valence-corrected chi connectivity index (χ4v) is 3.36. The van der Waals surface area contributed by atoms with E-state index in [1.165, 1.54) is 0 Å². The van der Waals surface area contributed by atoms with Crippen molar-refractivity contribution in [3.8, 4) is 5.75 Å². The van der Waals surface area contributed by atoms with Gasteiger partial charge < -0.3 is 30.3 Å². The Morgan fingerprint density at radius 1 is 0.968 bits per heavy atom. The number of rotatable bonds is 8. The number of nitrogens with one attached hydrogen (secondary N) is 2. The van der Waals surface area contributed by atoms with Gasteiger partial charge in [-0.3, -0.25) is 9.59 Å². The Labute approximate surface area is 181 Å². The van der Waals surface area contributed by atoms with Crippen LogP contribution in [0.1, 0.15) is 27.9 Å². The largest absolute Gasteiger partial charge is 0.497 e. The molecule has 2 aromatic carbocycles. The number of aliphatic hydroxyl groups is 2.